The number of alkyl halides is 3. The zero-order valence-electron chi connectivity index (χ0n) is 12.7. The highest BCUT2D eigenvalue weighted by atomic mass is 19.4. The molecule has 128 valence electrons. The first kappa shape index (κ1) is 19.1. The number of nitrogens with zero attached hydrogens (tertiary/aromatic N) is 2. The minimum Gasteiger partial charge on any atom is -0.494 e. The number of hydrogen-bond acceptors (Lipinski definition) is 6. The normalized spacial score (nSPS) is 10.2. The summed E-state index contributed by atoms with van der Waals surface area (Å²) in [7, 11) is 2.75. The zero-order valence-corrected chi connectivity index (χ0v) is 12.7. The van der Waals surface area contributed by atoms with Crippen LogP contribution in [0.3, 0.4) is 0 Å². The van der Waals surface area contributed by atoms with E-state index in [1.807, 2.05) is 0 Å². The maximum absolute atomic E-state index is 12.1. The number of ether oxygens (including phenoxy) is 2. The highest BCUT2D eigenvalue weighted by Gasteiger charge is 2.33. The van der Waals surface area contributed by atoms with Crippen LogP contribution < -0.4 is 9.47 Å². The molecule has 0 saturated heterocycles. The van der Waals surface area contributed by atoms with Crippen LogP contribution in [0.1, 0.15) is 26.7 Å². The topological polar surface area (TPSA) is 78.4 Å². The Kier molecular flexibility index (Phi) is 6.84. The van der Waals surface area contributed by atoms with Gasteiger partial charge in [0.15, 0.2) is 12.6 Å². The Bertz CT molecular complexity index is 705. The highest BCUT2D eigenvalue weighted by Crippen LogP contribution is 2.29. The summed E-state index contributed by atoms with van der Waals surface area (Å²) in [4.78, 5) is 27.5. The average molecular weight is 342 g/mol. The zero-order chi connectivity index (χ0) is 18.2. The summed E-state index contributed by atoms with van der Waals surface area (Å²) < 4.78 is 45.8. The van der Waals surface area contributed by atoms with E-state index in [-0.39, 0.29) is 17.7 Å². The van der Waals surface area contributed by atoms with Gasteiger partial charge in [0.2, 0.25) is 0 Å². The Hall–Kier alpha value is -2.97. The third-order valence-corrected chi connectivity index (χ3v) is 2.64. The van der Waals surface area contributed by atoms with Crippen molar-refractivity contribution in [1.29, 1.82) is 0 Å². The number of rotatable bonds is 4. The summed E-state index contributed by atoms with van der Waals surface area (Å²) in [6, 6.07) is 5.22. The molecule has 2 rings (SSSR count). The molecule has 0 aliphatic heterocycles. The van der Waals surface area contributed by atoms with Crippen LogP contribution in [-0.4, -0.2) is 36.8 Å². The van der Waals surface area contributed by atoms with Gasteiger partial charge in [-0.1, -0.05) is 0 Å². The van der Waals surface area contributed by atoms with Gasteiger partial charge in [0, 0.05) is 6.20 Å². The molecule has 0 unspecified atom stereocenters. The Morgan fingerprint density at radius 3 is 2.00 bits per heavy atom. The number of carbonyl (C=O) groups excluding carboxylic acids is 2. The molecule has 2 aromatic heterocycles. The van der Waals surface area contributed by atoms with E-state index in [0.717, 1.165) is 12.1 Å². The Balaban J connectivity index is 0.000000254. The lowest BCUT2D eigenvalue weighted by Crippen LogP contribution is -2.09. The first-order valence-corrected chi connectivity index (χ1v) is 6.39. The van der Waals surface area contributed by atoms with Gasteiger partial charge in [-0.05, 0) is 24.3 Å². The quantitative estimate of drug-likeness (QED) is 0.795. The van der Waals surface area contributed by atoms with Crippen LogP contribution in [0.4, 0.5) is 13.2 Å². The van der Waals surface area contributed by atoms with Crippen LogP contribution in [0.2, 0.25) is 0 Å². The van der Waals surface area contributed by atoms with Crippen molar-refractivity contribution in [2.24, 2.45) is 0 Å². The number of pyridine rings is 2. The minimum absolute atomic E-state index is 0.0213. The number of aromatic nitrogens is 2. The molecule has 0 fully saturated rings. The molecule has 0 saturated carbocycles. The molecule has 0 amide bonds. The number of aldehydes is 2. The molecule has 0 aromatic carbocycles. The smallest absolute Gasteiger partial charge is 0.433 e. The fraction of sp³-hybridized carbons (Fsp3) is 0.200. The molecule has 0 aliphatic carbocycles. The first-order valence-electron chi connectivity index (χ1n) is 6.39. The molecule has 24 heavy (non-hydrogen) atoms. The Morgan fingerprint density at radius 2 is 1.54 bits per heavy atom. The number of hydrogen-bond donors (Lipinski definition) is 0. The number of halogens is 3. The Morgan fingerprint density at radius 1 is 0.958 bits per heavy atom. The van der Waals surface area contributed by atoms with E-state index in [4.69, 9.17) is 4.74 Å². The molecule has 0 spiro atoms. The van der Waals surface area contributed by atoms with Crippen LogP contribution in [0, 0.1) is 0 Å². The molecule has 0 aliphatic rings. The van der Waals surface area contributed by atoms with Crippen LogP contribution in [0.15, 0.2) is 30.5 Å². The van der Waals surface area contributed by atoms with Crippen molar-refractivity contribution in [3.05, 3.63) is 47.5 Å². The lowest BCUT2D eigenvalue weighted by Gasteiger charge is -2.07. The third kappa shape index (κ3) is 5.04. The molecule has 2 heterocycles. The number of methoxy groups -OCH3 is 2. The SMILES string of the molecule is COc1ccc(C(F)(F)F)nc1C=O.COc1cccnc1C=O. The fourth-order valence-corrected chi connectivity index (χ4v) is 1.54. The van der Waals surface area contributed by atoms with Crippen LogP contribution in [0.25, 0.3) is 0 Å². The van der Waals surface area contributed by atoms with Crippen molar-refractivity contribution >= 4 is 12.6 Å². The van der Waals surface area contributed by atoms with Gasteiger partial charge in [0.25, 0.3) is 0 Å². The Labute approximate surface area is 135 Å². The maximum Gasteiger partial charge on any atom is 0.433 e. The lowest BCUT2D eigenvalue weighted by molar-refractivity contribution is -0.141. The van der Waals surface area contributed by atoms with E-state index in [9.17, 15) is 22.8 Å². The molecule has 0 N–H and O–H groups in total. The van der Waals surface area contributed by atoms with E-state index < -0.39 is 11.9 Å². The van der Waals surface area contributed by atoms with Gasteiger partial charge in [-0.2, -0.15) is 13.2 Å². The van der Waals surface area contributed by atoms with E-state index in [1.165, 1.54) is 14.2 Å². The molecule has 0 atom stereocenters. The van der Waals surface area contributed by atoms with E-state index >= 15 is 0 Å². The van der Waals surface area contributed by atoms with E-state index in [2.05, 4.69) is 14.7 Å². The predicted octanol–water partition coefficient (Wildman–Crippen LogP) is 2.82. The van der Waals surface area contributed by atoms with Crippen molar-refractivity contribution in [2.45, 2.75) is 6.18 Å². The van der Waals surface area contributed by atoms with Crippen molar-refractivity contribution in [1.82, 2.24) is 9.97 Å². The first-order chi connectivity index (χ1) is 11.4. The summed E-state index contributed by atoms with van der Waals surface area (Å²) in [5, 5.41) is 0. The molecule has 2 aromatic rings. The summed E-state index contributed by atoms with van der Waals surface area (Å²) in [5.41, 5.74) is -1.13. The van der Waals surface area contributed by atoms with Gasteiger partial charge in [0.05, 0.1) is 14.2 Å². The second-order valence-electron chi connectivity index (χ2n) is 4.11. The molecule has 0 radical (unpaired) electrons. The summed E-state index contributed by atoms with van der Waals surface area (Å²) in [6.07, 6.45) is -2.12. The highest BCUT2D eigenvalue weighted by molar-refractivity contribution is 5.76. The van der Waals surface area contributed by atoms with Crippen molar-refractivity contribution in [3.63, 3.8) is 0 Å². The summed E-state index contributed by atoms with van der Waals surface area (Å²) in [6.45, 7) is 0. The number of carbonyl (C=O) groups is 2. The van der Waals surface area contributed by atoms with Crippen molar-refractivity contribution < 1.29 is 32.2 Å². The predicted molar refractivity (Wildman–Crippen MR) is 77.4 cm³/mol. The van der Waals surface area contributed by atoms with Gasteiger partial charge in [-0.3, -0.25) is 9.59 Å². The minimum atomic E-state index is -4.55. The van der Waals surface area contributed by atoms with Crippen LogP contribution in [-0.2, 0) is 6.18 Å². The summed E-state index contributed by atoms with van der Waals surface area (Å²) >= 11 is 0. The fourth-order valence-electron chi connectivity index (χ4n) is 1.54. The second kappa shape index (κ2) is 8.61. The second-order valence-corrected chi connectivity index (χ2v) is 4.11. The van der Waals surface area contributed by atoms with Gasteiger partial charge in [-0.15, -0.1) is 0 Å². The van der Waals surface area contributed by atoms with Gasteiger partial charge < -0.3 is 9.47 Å². The third-order valence-electron chi connectivity index (χ3n) is 2.64. The molecular weight excluding hydrogens is 329 g/mol. The summed E-state index contributed by atoms with van der Waals surface area (Å²) in [5.74, 6) is 0.533. The standard InChI is InChI=1S/C8H6F3NO2.C7H7NO2/c1-14-6-2-3-7(8(9,10)11)12-5(6)4-13;1-10-7-3-2-4-8-6(7)5-9/h2-4H,1H3;2-5H,1H3. The van der Waals surface area contributed by atoms with Gasteiger partial charge in [0.1, 0.15) is 28.6 Å². The van der Waals surface area contributed by atoms with Gasteiger partial charge >= 0.3 is 6.18 Å². The largest absolute Gasteiger partial charge is 0.494 e. The van der Waals surface area contributed by atoms with E-state index in [1.54, 1.807) is 18.3 Å². The van der Waals surface area contributed by atoms with Crippen LogP contribution in [0.5, 0.6) is 11.5 Å². The van der Waals surface area contributed by atoms with Crippen molar-refractivity contribution in [2.75, 3.05) is 14.2 Å². The maximum atomic E-state index is 12.1. The monoisotopic (exact) mass is 342 g/mol. The average Bonchev–Trinajstić information content (AvgIpc) is 2.60. The van der Waals surface area contributed by atoms with Crippen molar-refractivity contribution in [3.8, 4) is 11.5 Å². The molecule has 6 nitrogen and oxygen atoms in total. The van der Waals surface area contributed by atoms with Crippen LogP contribution >= 0.6 is 0 Å². The molecule has 0 bridgehead atoms. The van der Waals surface area contributed by atoms with Gasteiger partial charge in [-0.25, -0.2) is 9.97 Å². The molecular formula is C15H13F3N2O4. The van der Waals surface area contributed by atoms with E-state index in [0.29, 0.717) is 17.7 Å². The molecule has 9 heteroatoms. The lowest BCUT2D eigenvalue weighted by atomic mass is 10.3.